The molecule has 130 valence electrons. The first-order valence-corrected chi connectivity index (χ1v) is 8.35. The molecule has 0 aliphatic carbocycles. The van der Waals surface area contributed by atoms with Crippen LogP contribution in [0.4, 0.5) is 17.1 Å². The summed E-state index contributed by atoms with van der Waals surface area (Å²) < 4.78 is 0. The average Bonchev–Trinajstić information content (AvgIpc) is 3.14. The van der Waals surface area contributed by atoms with Crippen LogP contribution in [-0.4, -0.2) is 31.0 Å². The summed E-state index contributed by atoms with van der Waals surface area (Å²) >= 11 is 0. The van der Waals surface area contributed by atoms with E-state index in [2.05, 4.69) is 0 Å². The summed E-state index contributed by atoms with van der Waals surface area (Å²) in [5.41, 5.74) is 2.71. The van der Waals surface area contributed by atoms with E-state index < -0.39 is 4.92 Å². The Morgan fingerprint density at radius 1 is 1.16 bits per heavy atom. The van der Waals surface area contributed by atoms with Gasteiger partial charge in [0.05, 0.1) is 4.92 Å². The number of nitro groups is 1. The highest BCUT2D eigenvalue weighted by molar-refractivity contribution is 6.06. The number of anilines is 2. The number of amides is 1. The summed E-state index contributed by atoms with van der Waals surface area (Å²) in [4.78, 5) is 27.4. The van der Waals surface area contributed by atoms with Gasteiger partial charge < -0.3 is 9.80 Å². The molecule has 0 saturated carbocycles. The maximum Gasteiger partial charge on any atom is 0.293 e. The largest absolute Gasteiger partial charge is 0.366 e. The fourth-order valence-corrected chi connectivity index (χ4v) is 3.18. The number of carbonyl (C=O) groups is 1. The summed E-state index contributed by atoms with van der Waals surface area (Å²) in [6, 6.07) is 12.4. The van der Waals surface area contributed by atoms with Crippen molar-refractivity contribution in [2.45, 2.75) is 19.8 Å². The first-order chi connectivity index (χ1) is 12.0. The molecular formula is C19H21N3O3. The van der Waals surface area contributed by atoms with Crippen LogP contribution in [0.2, 0.25) is 0 Å². The number of benzene rings is 2. The summed E-state index contributed by atoms with van der Waals surface area (Å²) in [5.74, 6) is -0.262. The second-order valence-electron chi connectivity index (χ2n) is 6.36. The maximum absolute atomic E-state index is 12.8. The Balaban J connectivity index is 1.92. The van der Waals surface area contributed by atoms with Crippen LogP contribution in [0.25, 0.3) is 0 Å². The molecule has 2 aromatic carbocycles. The number of hydrogen-bond donors (Lipinski definition) is 0. The molecule has 6 nitrogen and oxygen atoms in total. The van der Waals surface area contributed by atoms with Gasteiger partial charge in [0, 0.05) is 37.5 Å². The third-order valence-corrected chi connectivity index (χ3v) is 4.56. The summed E-state index contributed by atoms with van der Waals surface area (Å²) in [6.45, 7) is 3.59. The minimum Gasteiger partial charge on any atom is -0.366 e. The first kappa shape index (κ1) is 17.0. The number of nitrogens with zero attached hydrogens (tertiary/aromatic N) is 3. The zero-order valence-corrected chi connectivity index (χ0v) is 14.4. The van der Waals surface area contributed by atoms with Gasteiger partial charge in [-0.15, -0.1) is 0 Å². The first-order valence-electron chi connectivity index (χ1n) is 8.35. The molecule has 1 heterocycles. The standard InChI is InChI=1S/C19H21N3O3/c1-14-6-5-7-16(12-14)20(2)19(23)15-8-9-17(18(13-15)22(24)25)21-10-3-4-11-21/h5-9,12-13H,3-4,10-11H2,1-2H3. The van der Waals surface area contributed by atoms with Crippen LogP contribution in [0.3, 0.4) is 0 Å². The molecule has 2 aromatic rings. The van der Waals surface area contributed by atoms with Crippen LogP contribution in [0, 0.1) is 17.0 Å². The zero-order chi connectivity index (χ0) is 18.0. The molecule has 25 heavy (non-hydrogen) atoms. The second-order valence-corrected chi connectivity index (χ2v) is 6.36. The average molecular weight is 339 g/mol. The summed E-state index contributed by atoms with van der Waals surface area (Å²) in [6.07, 6.45) is 2.07. The number of rotatable bonds is 4. The van der Waals surface area contributed by atoms with Crippen molar-refractivity contribution in [3.05, 3.63) is 63.7 Å². The number of nitro benzene ring substituents is 1. The third kappa shape index (κ3) is 3.47. The van der Waals surface area contributed by atoms with E-state index >= 15 is 0 Å². The van der Waals surface area contributed by atoms with Crippen molar-refractivity contribution in [2.75, 3.05) is 29.9 Å². The van der Waals surface area contributed by atoms with Crippen LogP contribution >= 0.6 is 0 Å². The molecule has 6 heteroatoms. The Hall–Kier alpha value is -2.89. The van der Waals surface area contributed by atoms with E-state index in [1.165, 1.54) is 11.0 Å². The minimum atomic E-state index is -0.406. The summed E-state index contributed by atoms with van der Waals surface area (Å²) in [7, 11) is 1.68. The number of carbonyl (C=O) groups excluding carboxylic acids is 1. The lowest BCUT2D eigenvalue weighted by atomic mass is 10.1. The van der Waals surface area contributed by atoms with Gasteiger partial charge in [-0.3, -0.25) is 14.9 Å². The zero-order valence-electron chi connectivity index (χ0n) is 14.4. The fraction of sp³-hybridized carbons (Fsp3) is 0.316. The number of hydrogen-bond acceptors (Lipinski definition) is 4. The smallest absolute Gasteiger partial charge is 0.293 e. The highest BCUT2D eigenvalue weighted by atomic mass is 16.6. The normalized spacial score (nSPS) is 13.8. The molecular weight excluding hydrogens is 318 g/mol. The van der Waals surface area contributed by atoms with Gasteiger partial charge in [-0.2, -0.15) is 0 Å². The lowest BCUT2D eigenvalue weighted by molar-refractivity contribution is -0.384. The monoisotopic (exact) mass is 339 g/mol. The van der Waals surface area contributed by atoms with Gasteiger partial charge in [-0.05, 0) is 49.6 Å². The Morgan fingerprint density at radius 3 is 2.52 bits per heavy atom. The Labute approximate surface area is 146 Å². The molecule has 1 saturated heterocycles. The van der Waals surface area contributed by atoms with E-state index in [-0.39, 0.29) is 11.6 Å². The van der Waals surface area contributed by atoms with E-state index in [9.17, 15) is 14.9 Å². The molecule has 1 aliphatic heterocycles. The topological polar surface area (TPSA) is 66.7 Å². The van der Waals surface area contributed by atoms with E-state index in [0.717, 1.165) is 37.2 Å². The van der Waals surface area contributed by atoms with Crippen molar-refractivity contribution in [1.29, 1.82) is 0 Å². The van der Waals surface area contributed by atoms with Gasteiger partial charge in [0.2, 0.25) is 0 Å². The summed E-state index contributed by atoms with van der Waals surface area (Å²) in [5, 5.41) is 11.5. The highest BCUT2D eigenvalue weighted by Gasteiger charge is 2.25. The van der Waals surface area contributed by atoms with Crippen LogP contribution in [0.1, 0.15) is 28.8 Å². The van der Waals surface area contributed by atoms with Crippen LogP contribution < -0.4 is 9.80 Å². The van der Waals surface area contributed by atoms with Crippen molar-refractivity contribution in [3.8, 4) is 0 Å². The molecule has 1 fully saturated rings. The van der Waals surface area contributed by atoms with Crippen molar-refractivity contribution >= 4 is 23.0 Å². The van der Waals surface area contributed by atoms with Crippen LogP contribution in [-0.2, 0) is 0 Å². The highest BCUT2D eigenvalue weighted by Crippen LogP contribution is 2.32. The van der Waals surface area contributed by atoms with Crippen molar-refractivity contribution in [3.63, 3.8) is 0 Å². The van der Waals surface area contributed by atoms with Gasteiger partial charge in [0.1, 0.15) is 5.69 Å². The van der Waals surface area contributed by atoms with Gasteiger partial charge >= 0.3 is 0 Å². The van der Waals surface area contributed by atoms with Crippen molar-refractivity contribution in [2.24, 2.45) is 0 Å². The van der Waals surface area contributed by atoms with Gasteiger partial charge in [-0.1, -0.05) is 12.1 Å². The van der Waals surface area contributed by atoms with Gasteiger partial charge in [0.25, 0.3) is 11.6 Å². The SMILES string of the molecule is Cc1cccc(N(C)C(=O)c2ccc(N3CCCC3)c([N+](=O)[O-])c2)c1. The third-order valence-electron chi connectivity index (χ3n) is 4.56. The van der Waals surface area contributed by atoms with Crippen LogP contribution in [0.15, 0.2) is 42.5 Å². The molecule has 0 unspecified atom stereocenters. The molecule has 0 spiro atoms. The van der Waals surface area contributed by atoms with Crippen molar-refractivity contribution < 1.29 is 9.72 Å². The molecule has 1 amide bonds. The molecule has 1 aliphatic rings. The molecule has 0 aromatic heterocycles. The Kier molecular flexibility index (Phi) is 4.70. The van der Waals surface area contributed by atoms with E-state index in [1.807, 2.05) is 36.1 Å². The molecule has 3 rings (SSSR count). The van der Waals surface area contributed by atoms with E-state index in [4.69, 9.17) is 0 Å². The maximum atomic E-state index is 12.8. The van der Waals surface area contributed by atoms with Gasteiger partial charge in [0.15, 0.2) is 0 Å². The Morgan fingerprint density at radius 2 is 1.88 bits per heavy atom. The molecule has 0 radical (unpaired) electrons. The number of aryl methyl sites for hydroxylation is 1. The molecule has 0 bridgehead atoms. The van der Waals surface area contributed by atoms with E-state index in [0.29, 0.717) is 11.3 Å². The lowest BCUT2D eigenvalue weighted by Gasteiger charge is -2.20. The Bertz CT molecular complexity index is 813. The minimum absolute atomic E-state index is 0.00890. The lowest BCUT2D eigenvalue weighted by Crippen LogP contribution is -2.26. The predicted octanol–water partition coefficient (Wildman–Crippen LogP) is 3.78. The van der Waals surface area contributed by atoms with Gasteiger partial charge in [-0.25, -0.2) is 0 Å². The second kappa shape index (κ2) is 6.93. The van der Waals surface area contributed by atoms with Crippen LogP contribution in [0.5, 0.6) is 0 Å². The van der Waals surface area contributed by atoms with Crippen molar-refractivity contribution in [1.82, 2.24) is 0 Å². The van der Waals surface area contributed by atoms with E-state index in [1.54, 1.807) is 19.2 Å². The molecule has 0 atom stereocenters. The molecule has 0 N–H and O–H groups in total. The quantitative estimate of drug-likeness (QED) is 0.628. The predicted molar refractivity (Wildman–Crippen MR) is 98.5 cm³/mol. The fourth-order valence-electron chi connectivity index (χ4n) is 3.18.